The quantitative estimate of drug-likeness (QED) is 0.474. The fraction of sp³-hybridized carbons (Fsp3) is 0.269. The molecule has 3 aromatic carbocycles. The molecule has 0 saturated carbocycles. The number of nitrogens with zero attached hydrogens (tertiary/aromatic N) is 2. The zero-order chi connectivity index (χ0) is 23.2. The molecule has 1 fully saturated rings. The number of carbonyl (C=O) groups is 1. The fourth-order valence-electron chi connectivity index (χ4n) is 5.24. The van der Waals surface area contributed by atoms with E-state index in [1.165, 1.54) is 5.56 Å². The van der Waals surface area contributed by atoms with Gasteiger partial charge in [-0.3, -0.25) is 19.8 Å². The number of hydrogen-bond acceptors (Lipinski definition) is 5. The van der Waals surface area contributed by atoms with Crippen molar-refractivity contribution in [3.63, 3.8) is 0 Å². The summed E-state index contributed by atoms with van der Waals surface area (Å²) in [7, 11) is 1.79. The molecule has 5 rings (SSSR count). The summed E-state index contributed by atoms with van der Waals surface area (Å²) in [4.78, 5) is 27.1. The van der Waals surface area contributed by atoms with Crippen LogP contribution in [0.4, 0.5) is 5.69 Å². The third-order valence-corrected chi connectivity index (χ3v) is 6.88. The molecular formula is C26H25N3O4. The van der Waals surface area contributed by atoms with Crippen molar-refractivity contribution in [2.45, 2.75) is 31.0 Å². The first-order valence-corrected chi connectivity index (χ1v) is 10.9. The second-order valence-electron chi connectivity index (χ2n) is 8.83. The topological polar surface area (TPSA) is 84.7 Å². The third kappa shape index (κ3) is 3.36. The van der Waals surface area contributed by atoms with Crippen LogP contribution in [0, 0.1) is 17.0 Å². The average molecular weight is 444 g/mol. The van der Waals surface area contributed by atoms with E-state index in [1.54, 1.807) is 13.1 Å². The number of anilines is 1. The lowest BCUT2D eigenvalue weighted by Gasteiger charge is -2.30. The van der Waals surface area contributed by atoms with E-state index in [4.69, 9.17) is 4.74 Å². The first-order chi connectivity index (χ1) is 15.9. The van der Waals surface area contributed by atoms with Crippen LogP contribution in [0.25, 0.3) is 0 Å². The molecule has 1 saturated heterocycles. The van der Waals surface area contributed by atoms with Crippen LogP contribution in [0.5, 0.6) is 5.75 Å². The lowest BCUT2D eigenvalue weighted by atomic mass is 9.79. The number of fused-ring (bicyclic) bond motifs is 2. The molecule has 0 aromatic heterocycles. The lowest BCUT2D eigenvalue weighted by molar-refractivity contribution is -0.534. The maximum atomic E-state index is 13.2. The Morgan fingerprint density at radius 2 is 1.79 bits per heavy atom. The van der Waals surface area contributed by atoms with Crippen LogP contribution in [-0.2, 0) is 16.9 Å². The zero-order valence-electron chi connectivity index (χ0n) is 18.5. The van der Waals surface area contributed by atoms with E-state index < -0.39 is 17.5 Å². The maximum absolute atomic E-state index is 13.2. The molecule has 168 valence electrons. The number of likely N-dealkylation sites (N-methyl/N-ethyl adjacent to an activating group) is 1. The molecule has 33 heavy (non-hydrogen) atoms. The summed E-state index contributed by atoms with van der Waals surface area (Å²) < 4.78 is 5.89. The molecule has 3 atom stereocenters. The summed E-state index contributed by atoms with van der Waals surface area (Å²) in [6.45, 7) is 2.89. The molecule has 0 radical (unpaired) electrons. The zero-order valence-corrected chi connectivity index (χ0v) is 18.5. The van der Waals surface area contributed by atoms with Gasteiger partial charge in [-0.15, -0.1) is 0 Å². The van der Waals surface area contributed by atoms with Crippen LogP contribution >= 0.6 is 0 Å². The molecule has 1 N–H and O–H groups in total. The number of nitrogens with one attached hydrogen (secondary N) is 1. The molecule has 0 bridgehead atoms. The van der Waals surface area contributed by atoms with Crippen molar-refractivity contribution < 1.29 is 14.5 Å². The number of nitro groups is 1. The number of ether oxygens (including phenoxy) is 1. The SMILES string of the molecule is Cc1ccc(COc2ccc([C@@H]3CN(C)[C@]4(C(=O)Nc5ccccc54)[C@H]3[N+](=O)[O-])cc2)cc1. The fourth-order valence-corrected chi connectivity index (χ4v) is 5.24. The molecule has 7 nitrogen and oxygen atoms in total. The van der Waals surface area contributed by atoms with E-state index in [0.717, 1.165) is 11.1 Å². The third-order valence-electron chi connectivity index (χ3n) is 6.88. The monoisotopic (exact) mass is 443 g/mol. The maximum Gasteiger partial charge on any atom is 0.256 e. The minimum Gasteiger partial charge on any atom is -0.489 e. The van der Waals surface area contributed by atoms with E-state index in [9.17, 15) is 14.9 Å². The molecule has 7 heteroatoms. The van der Waals surface area contributed by atoms with Gasteiger partial charge in [-0.1, -0.05) is 60.2 Å². The van der Waals surface area contributed by atoms with Gasteiger partial charge in [-0.2, -0.15) is 0 Å². The van der Waals surface area contributed by atoms with Crippen molar-refractivity contribution in [2.75, 3.05) is 18.9 Å². The average Bonchev–Trinajstić information content (AvgIpc) is 3.29. The predicted octanol–water partition coefficient (Wildman–Crippen LogP) is 4.10. The number of likely N-dealkylation sites (tertiary alicyclic amines) is 1. The highest BCUT2D eigenvalue weighted by Crippen LogP contribution is 2.51. The van der Waals surface area contributed by atoms with Crippen molar-refractivity contribution in [1.29, 1.82) is 0 Å². The van der Waals surface area contributed by atoms with Crippen molar-refractivity contribution in [1.82, 2.24) is 4.90 Å². The van der Waals surface area contributed by atoms with Crippen LogP contribution in [0.1, 0.15) is 28.2 Å². The largest absolute Gasteiger partial charge is 0.489 e. The smallest absolute Gasteiger partial charge is 0.256 e. The number of aryl methyl sites for hydroxylation is 1. The number of rotatable bonds is 5. The van der Waals surface area contributed by atoms with Gasteiger partial charge < -0.3 is 10.1 Å². The number of para-hydroxylation sites is 1. The van der Waals surface area contributed by atoms with Gasteiger partial charge in [0.1, 0.15) is 12.4 Å². The molecule has 1 amide bonds. The van der Waals surface area contributed by atoms with Crippen LogP contribution in [-0.4, -0.2) is 35.4 Å². The van der Waals surface area contributed by atoms with Gasteiger partial charge in [0.15, 0.2) is 5.54 Å². The number of carbonyl (C=O) groups excluding carboxylic acids is 1. The van der Waals surface area contributed by atoms with E-state index in [-0.39, 0.29) is 10.8 Å². The van der Waals surface area contributed by atoms with E-state index in [0.29, 0.717) is 30.2 Å². The Labute approximate surface area is 192 Å². The summed E-state index contributed by atoms with van der Waals surface area (Å²) in [5.41, 5.74) is 3.07. The molecule has 2 aliphatic rings. The van der Waals surface area contributed by atoms with Gasteiger partial charge in [-0.25, -0.2) is 0 Å². The second kappa shape index (κ2) is 8.01. The molecule has 2 heterocycles. The van der Waals surface area contributed by atoms with E-state index >= 15 is 0 Å². The van der Waals surface area contributed by atoms with Gasteiger partial charge in [0.25, 0.3) is 11.9 Å². The first kappa shape index (κ1) is 21.2. The van der Waals surface area contributed by atoms with Crippen molar-refractivity contribution in [3.8, 4) is 5.75 Å². The summed E-state index contributed by atoms with van der Waals surface area (Å²) in [5, 5.41) is 15.2. The summed E-state index contributed by atoms with van der Waals surface area (Å²) >= 11 is 0. The number of hydrogen-bond donors (Lipinski definition) is 1. The van der Waals surface area contributed by atoms with Gasteiger partial charge in [0, 0.05) is 22.7 Å². The van der Waals surface area contributed by atoms with Crippen LogP contribution in [0.3, 0.4) is 0 Å². The molecule has 0 aliphatic carbocycles. The standard InChI is InChI=1S/C26H25N3O4/c1-17-7-9-18(10-8-17)16-33-20-13-11-19(12-14-20)21-15-28(2)26(24(21)29(31)32)22-5-3-4-6-23(22)27-25(26)30/h3-14,21,24H,15-16H2,1-2H3,(H,27,30)/t21-,24-,26-/m0/s1. The molecule has 1 spiro atoms. The van der Waals surface area contributed by atoms with Crippen molar-refractivity contribution >= 4 is 11.6 Å². The Hall–Kier alpha value is -3.71. The molecule has 3 aromatic rings. The van der Waals surface area contributed by atoms with Gasteiger partial charge in [-0.05, 0) is 43.3 Å². The molecule has 2 aliphatic heterocycles. The highest BCUT2D eigenvalue weighted by atomic mass is 16.6. The number of benzene rings is 3. The minimum absolute atomic E-state index is 0.294. The summed E-state index contributed by atoms with van der Waals surface area (Å²) in [6, 6.07) is 21.7. The highest BCUT2D eigenvalue weighted by Gasteiger charge is 2.68. The highest BCUT2D eigenvalue weighted by molar-refractivity contribution is 6.06. The van der Waals surface area contributed by atoms with Gasteiger partial charge in [0.2, 0.25) is 0 Å². The normalized spacial score (nSPS) is 24.0. The number of amides is 1. The van der Waals surface area contributed by atoms with E-state index in [1.807, 2.05) is 78.6 Å². The predicted molar refractivity (Wildman–Crippen MR) is 125 cm³/mol. The molecular weight excluding hydrogens is 418 g/mol. The Kier molecular flexibility index (Phi) is 5.13. The lowest BCUT2D eigenvalue weighted by Crippen LogP contribution is -2.54. The van der Waals surface area contributed by atoms with Crippen LogP contribution < -0.4 is 10.1 Å². The van der Waals surface area contributed by atoms with Crippen LogP contribution in [0.2, 0.25) is 0 Å². The van der Waals surface area contributed by atoms with Crippen molar-refractivity contribution in [3.05, 3.63) is 105 Å². The van der Waals surface area contributed by atoms with Gasteiger partial charge >= 0.3 is 0 Å². The summed E-state index contributed by atoms with van der Waals surface area (Å²) in [5.74, 6) is -0.0801. The Morgan fingerprint density at radius 3 is 2.48 bits per heavy atom. The Bertz CT molecular complexity index is 1210. The first-order valence-electron chi connectivity index (χ1n) is 10.9. The molecule has 0 unspecified atom stereocenters. The van der Waals surface area contributed by atoms with Gasteiger partial charge in [0.05, 0.1) is 5.92 Å². The Morgan fingerprint density at radius 1 is 1.09 bits per heavy atom. The van der Waals surface area contributed by atoms with Crippen LogP contribution in [0.15, 0.2) is 72.8 Å². The minimum atomic E-state index is -1.33. The van der Waals surface area contributed by atoms with Crippen molar-refractivity contribution in [2.24, 2.45) is 0 Å². The Balaban J connectivity index is 1.42. The summed E-state index contributed by atoms with van der Waals surface area (Å²) in [6.07, 6.45) is 0. The van der Waals surface area contributed by atoms with E-state index in [2.05, 4.69) is 5.32 Å². The second-order valence-corrected chi connectivity index (χ2v) is 8.83.